The Morgan fingerprint density at radius 1 is 1.10 bits per heavy atom. The maximum Gasteiger partial charge on any atom is 0.236 e. The number of hydrogen-bond acceptors (Lipinski definition) is 5. The molecular weight excluding hydrogens is 392 g/mol. The van der Waals surface area contributed by atoms with Crippen LogP contribution in [0.2, 0.25) is 0 Å². The second kappa shape index (κ2) is 7.72. The van der Waals surface area contributed by atoms with Crippen molar-refractivity contribution in [3.63, 3.8) is 0 Å². The molecule has 1 aliphatic carbocycles. The van der Waals surface area contributed by atoms with Crippen LogP contribution in [-0.4, -0.2) is 76.9 Å². The average molecular weight is 421 g/mol. The van der Waals surface area contributed by atoms with Gasteiger partial charge in [-0.1, -0.05) is 12.1 Å². The Balaban J connectivity index is 1.47. The van der Waals surface area contributed by atoms with Crippen LogP contribution < -0.4 is 4.74 Å². The van der Waals surface area contributed by atoms with Crippen LogP contribution in [0.1, 0.15) is 31.2 Å². The number of likely N-dealkylation sites (tertiary alicyclic amines) is 1. The minimum absolute atomic E-state index is 0.0722. The average Bonchev–Trinajstić information content (AvgIpc) is 3.52. The molecule has 0 N–H and O–H groups in total. The molecule has 1 aromatic rings. The number of ether oxygens (including phenoxy) is 2. The van der Waals surface area contributed by atoms with Gasteiger partial charge in [0, 0.05) is 39.6 Å². The summed E-state index contributed by atoms with van der Waals surface area (Å²) in [5.74, 6) is 0.933. The van der Waals surface area contributed by atoms with E-state index in [4.69, 9.17) is 9.47 Å². The predicted molar refractivity (Wildman–Crippen MR) is 109 cm³/mol. The lowest BCUT2D eigenvalue weighted by atomic mass is 9.92. The monoisotopic (exact) mass is 420 g/mol. The highest BCUT2D eigenvalue weighted by molar-refractivity contribution is 7.87. The lowest BCUT2D eigenvalue weighted by Gasteiger charge is -2.44. The normalized spacial score (nSPS) is 24.8. The van der Waals surface area contributed by atoms with E-state index in [1.807, 2.05) is 29.2 Å². The predicted octanol–water partition coefficient (Wildman–Crippen LogP) is 1.28. The van der Waals surface area contributed by atoms with E-state index in [9.17, 15) is 13.8 Å². The molecule has 3 fully saturated rings. The largest absolute Gasteiger partial charge is 0.497 e. The fraction of sp³-hybridized carbons (Fsp3) is 0.619. The Kier molecular flexibility index (Phi) is 5.42. The highest BCUT2D eigenvalue weighted by Gasteiger charge is 2.57. The van der Waals surface area contributed by atoms with Crippen molar-refractivity contribution in [1.82, 2.24) is 9.80 Å². The van der Waals surface area contributed by atoms with Crippen LogP contribution in [0.15, 0.2) is 24.3 Å². The molecule has 2 heterocycles. The van der Waals surface area contributed by atoms with E-state index >= 15 is 0 Å². The number of amides is 2. The molecule has 0 radical (unpaired) electrons. The van der Waals surface area contributed by atoms with Gasteiger partial charge < -0.3 is 19.3 Å². The molecule has 0 aromatic heterocycles. The van der Waals surface area contributed by atoms with Crippen molar-refractivity contribution in [2.45, 2.75) is 36.0 Å². The lowest BCUT2D eigenvalue weighted by Crippen LogP contribution is -2.57. The van der Waals surface area contributed by atoms with E-state index < -0.39 is 21.1 Å². The first kappa shape index (κ1) is 20.3. The highest BCUT2D eigenvalue weighted by Crippen LogP contribution is 2.50. The summed E-state index contributed by atoms with van der Waals surface area (Å²) in [6, 6.07) is 7.75. The molecule has 1 saturated carbocycles. The second-order valence-corrected chi connectivity index (χ2v) is 9.82. The molecule has 2 amide bonds. The Bertz CT molecular complexity index is 813. The summed E-state index contributed by atoms with van der Waals surface area (Å²) in [5, 5.41) is 0. The zero-order valence-electron chi connectivity index (χ0n) is 17.0. The molecular formula is C21H28N2O5S. The summed E-state index contributed by atoms with van der Waals surface area (Å²) in [5.41, 5.74) is 0.599. The molecule has 2 aliphatic heterocycles. The van der Waals surface area contributed by atoms with Crippen molar-refractivity contribution in [2.75, 3.05) is 46.2 Å². The number of nitrogens with zero attached hydrogens (tertiary/aromatic N) is 2. The number of carbonyl (C=O) groups is 2. The third-order valence-electron chi connectivity index (χ3n) is 6.62. The first-order valence-corrected chi connectivity index (χ1v) is 11.4. The van der Waals surface area contributed by atoms with Crippen molar-refractivity contribution in [2.24, 2.45) is 0 Å². The van der Waals surface area contributed by atoms with Gasteiger partial charge in [-0.05, 0) is 30.5 Å². The van der Waals surface area contributed by atoms with E-state index in [0.29, 0.717) is 39.1 Å². The van der Waals surface area contributed by atoms with Gasteiger partial charge in [-0.25, -0.2) is 0 Å². The molecule has 1 aromatic carbocycles. The van der Waals surface area contributed by atoms with Crippen LogP contribution in [0.5, 0.6) is 5.75 Å². The minimum atomic E-state index is -1.24. The SMILES string of the molecule is COCCN1C(=O)CS(=O)C12CCN(C(=O)C1(c3ccc(OC)cc3)CC1)CC2. The molecule has 2 saturated heterocycles. The highest BCUT2D eigenvalue weighted by atomic mass is 32.2. The molecule has 1 atom stereocenters. The number of rotatable bonds is 6. The number of carbonyl (C=O) groups excluding carboxylic acids is 2. The summed E-state index contributed by atoms with van der Waals surface area (Å²) in [4.78, 5) is 28.7. The Morgan fingerprint density at radius 3 is 2.31 bits per heavy atom. The van der Waals surface area contributed by atoms with Gasteiger partial charge in [0.25, 0.3) is 0 Å². The fourth-order valence-corrected chi connectivity index (χ4v) is 6.43. The Labute approximate surface area is 173 Å². The van der Waals surface area contributed by atoms with Crippen molar-refractivity contribution >= 4 is 22.6 Å². The van der Waals surface area contributed by atoms with Crippen molar-refractivity contribution in [3.05, 3.63) is 29.8 Å². The molecule has 3 aliphatic rings. The lowest BCUT2D eigenvalue weighted by molar-refractivity contribution is -0.137. The first-order valence-electron chi connectivity index (χ1n) is 10.1. The van der Waals surface area contributed by atoms with Gasteiger partial charge in [-0.3, -0.25) is 13.8 Å². The molecule has 1 unspecified atom stereocenters. The second-order valence-electron chi connectivity index (χ2n) is 8.08. The quantitative estimate of drug-likeness (QED) is 0.693. The molecule has 1 spiro atoms. The summed E-state index contributed by atoms with van der Waals surface area (Å²) >= 11 is 0. The van der Waals surface area contributed by atoms with E-state index in [0.717, 1.165) is 24.2 Å². The topological polar surface area (TPSA) is 76.2 Å². The van der Waals surface area contributed by atoms with E-state index in [1.165, 1.54) is 0 Å². The maximum atomic E-state index is 13.4. The van der Waals surface area contributed by atoms with Crippen molar-refractivity contribution in [3.8, 4) is 5.75 Å². The van der Waals surface area contributed by atoms with Crippen molar-refractivity contribution in [1.29, 1.82) is 0 Å². The van der Waals surface area contributed by atoms with Gasteiger partial charge in [0.2, 0.25) is 11.8 Å². The summed E-state index contributed by atoms with van der Waals surface area (Å²) < 4.78 is 23.2. The smallest absolute Gasteiger partial charge is 0.236 e. The van der Waals surface area contributed by atoms with Crippen LogP contribution in [0.3, 0.4) is 0 Å². The van der Waals surface area contributed by atoms with E-state index in [1.54, 1.807) is 19.1 Å². The van der Waals surface area contributed by atoms with Crippen LogP contribution in [0, 0.1) is 0 Å². The third-order valence-corrected chi connectivity index (χ3v) is 8.61. The van der Waals surface area contributed by atoms with Crippen LogP contribution >= 0.6 is 0 Å². The minimum Gasteiger partial charge on any atom is -0.497 e. The van der Waals surface area contributed by atoms with Gasteiger partial charge in [-0.15, -0.1) is 0 Å². The Morgan fingerprint density at radius 2 is 1.76 bits per heavy atom. The summed E-state index contributed by atoms with van der Waals surface area (Å²) in [6.07, 6.45) is 2.81. The summed E-state index contributed by atoms with van der Waals surface area (Å²) in [6.45, 7) is 1.93. The van der Waals surface area contributed by atoms with Gasteiger partial charge >= 0.3 is 0 Å². The van der Waals surface area contributed by atoms with Crippen LogP contribution in [0.25, 0.3) is 0 Å². The van der Waals surface area contributed by atoms with Gasteiger partial charge in [0.1, 0.15) is 16.4 Å². The van der Waals surface area contributed by atoms with Gasteiger partial charge in [0.15, 0.2) is 0 Å². The van der Waals surface area contributed by atoms with Crippen LogP contribution in [-0.2, 0) is 30.5 Å². The third kappa shape index (κ3) is 3.36. The molecule has 7 nitrogen and oxygen atoms in total. The molecule has 158 valence electrons. The van der Waals surface area contributed by atoms with Gasteiger partial charge in [-0.2, -0.15) is 0 Å². The van der Waals surface area contributed by atoms with Crippen molar-refractivity contribution < 1.29 is 23.3 Å². The standard InChI is InChI=1S/C21H28N2O5S/c1-27-14-13-23-18(24)15-29(26)21(23)9-11-22(12-10-21)19(25)20(7-8-20)16-3-5-17(28-2)6-4-16/h3-6H,7-15H2,1-2H3. The number of methoxy groups -OCH3 is 2. The molecule has 29 heavy (non-hydrogen) atoms. The molecule has 4 rings (SSSR count). The van der Waals surface area contributed by atoms with Gasteiger partial charge in [0.05, 0.1) is 29.9 Å². The first-order chi connectivity index (χ1) is 14.0. The van der Waals surface area contributed by atoms with E-state index in [2.05, 4.69) is 0 Å². The zero-order chi connectivity index (χ0) is 20.6. The number of benzene rings is 1. The Hall–Kier alpha value is -1.93. The number of hydrogen-bond donors (Lipinski definition) is 0. The van der Waals surface area contributed by atoms with Crippen LogP contribution in [0.4, 0.5) is 0 Å². The number of piperidine rings is 1. The zero-order valence-corrected chi connectivity index (χ0v) is 17.8. The molecule has 8 heteroatoms. The fourth-order valence-electron chi connectivity index (χ4n) is 4.71. The van der Waals surface area contributed by atoms with E-state index in [-0.39, 0.29) is 17.6 Å². The summed E-state index contributed by atoms with van der Waals surface area (Å²) in [7, 11) is 1.99. The molecule has 0 bridgehead atoms. The maximum absolute atomic E-state index is 13.4.